The summed E-state index contributed by atoms with van der Waals surface area (Å²) in [6.07, 6.45) is 4.59. The highest BCUT2D eigenvalue weighted by molar-refractivity contribution is 8.14. The molecule has 0 saturated heterocycles. The van der Waals surface area contributed by atoms with E-state index in [1.807, 2.05) is 23.5 Å². The van der Waals surface area contributed by atoms with E-state index in [4.69, 9.17) is 0 Å². The molecule has 0 bridgehead atoms. The molecule has 0 amide bonds. The summed E-state index contributed by atoms with van der Waals surface area (Å²) < 4.78 is 0. The van der Waals surface area contributed by atoms with Crippen molar-refractivity contribution in [2.24, 2.45) is 4.99 Å². The molecule has 0 fully saturated rings. The number of aliphatic imine (C=N–C) groups is 1. The van der Waals surface area contributed by atoms with Gasteiger partial charge in [0, 0.05) is 11.3 Å². The van der Waals surface area contributed by atoms with Crippen molar-refractivity contribution in [3.05, 3.63) is 0 Å². The highest BCUT2D eigenvalue weighted by Crippen LogP contribution is 2.22. The third-order valence-electron chi connectivity index (χ3n) is 2.30. The van der Waals surface area contributed by atoms with E-state index in [2.05, 4.69) is 30.4 Å². The molecule has 2 unspecified atom stereocenters. The lowest BCUT2D eigenvalue weighted by atomic mass is 10.3. The summed E-state index contributed by atoms with van der Waals surface area (Å²) in [7, 11) is 0. The van der Waals surface area contributed by atoms with Crippen LogP contribution in [0.25, 0.3) is 0 Å². The van der Waals surface area contributed by atoms with Gasteiger partial charge in [-0.05, 0) is 31.8 Å². The molecule has 1 N–H and O–H groups in total. The average Bonchev–Trinajstić information content (AvgIpc) is 2.62. The summed E-state index contributed by atoms with van der Waals surface area (Å²) in [6, 6.07) is 0.560. The maximum atomic E-state index is 4.50. The largest absolute Gasteiger partial charge is 0.362 e. The minimum absolute atomic E-state index is 0.560. The van der Waals surface area contributed by atoms with Gasteiger partial charge in [0.1, 0.15) is 0 Å². The van der Waals surface area contributed by atoms with Crippen molar-refractivity contribution in [3.63, 3.8) is 0 Å². The van der Waals surface area contributed by atoms with Crippen molar-refractivity contribution in [1.29, 1.82) is 0 Å². The second-order valence-electron chi connectivity index (χ2n) is 3.62. The van der Waals surface area contributed by atoms with Crippen molar-refractivity contribution in [2.45, 2.75) is 38.0 Å². The van der Waals surface area contributed by atoms with Gasteiger partial charge in [0.15, 0.2) is 5.17 Å². The maximum absolute atomic E-state index is 4.50. The molecular weight excluding hydrogens is 212 g/mol. The molecule has 0 aromatic rings. The van der Waals surface area contributed by atoms with Crippen LogP contribution in [-0.2, 0) is 0 Å². The van der Waals surface area contributed by atoms with Gasteiger partial charge in [0.2, 0.25) is 0 Å². The molecule has 1 rings (SSSR count). The van der Waals surface area contributed by atoms with Crippen LogP contribution in [0.4, 0.5) is 0 Å². The van der Waals surface area contributed by atoms with Crippen LogP contribution in [0.3, 0.4) is 0 Å². The Morgan fingerprint density at radius 2 is 2.50 bits per heavy atom. The first-order chi connectivity index (χ1) is 6.76. The van der Waals surface area contributed by atoms with Crippen LogP contribution in [0, 0.1) is 0 Å². The van der Waals surface area contributed by atoms with Crippen LogP contribution in [0.1, 0.15) is 26.7 Å². The minimum atomic E-state index is 0.560. The van der Waals surface area contributed by atoms with E-state index in [-0.39, 0.29) is 0 Å². The molecule has 0 radical (unpaired) electrons. The highest BCUT2D eigenvalue weighted by Gasteiger charge is 2.18. The molecule has 0 spiro atoms. The van der Waals surface area contributed by atoms with E-state index in [1.165, 1.54) is 18.6 Å². The zero-order chi connectivity index (χ0) is 10.4. The second-order valence-corrected chi connectivity index (χ2v) is 5.90. The number of rotatable bonds is 5. The molecule has 0 saturated carbocycles. The molecule has 2 atom stereocenters. The molecule has 0 aliphatic carbocycles. The lowest BCUT2D eigenvalue weighted by Gasteiger charge is -2.14. The Bertz CT molecular complexity index is 195. The maximum Gasteiger partial charge on any atom is 0.157 e. The fourth-order valence-electron chi connectivity index (χ4n) is 1.29. The number of hydrogen-bond acceptors (Lipinski definition) is 4. The lowest BCUT2D eigenvalue weighted by Crippen LogP contribution is -2.30. The topological polar surface area (TPSA) is 24.4 Å². The van der Waals surface area contributed by atoms with Gasteiger partial charge in [-0.2, -0.15) is 11.8 Å². The van der Waals surface area contributed by atoms with E-state index in [0.29, 0.717) is 11.3 Å². The van der Waals surface area contributed by atoms with Crippen molar-refractivity contribution in [1.82, 2.24) is 5.32 Å². The van der Waals surface area contributed by atoms with E-state index < -0.39 is 0 Å². The number of nitrogens with one attached hydrogen (secondary N) is 1. The normalized spacial score (nSPS) is 23.4. The standard InChI is InChI=1S/C10H20N2S2/c1-4-9-7-11-10(14-9)12-8(2)5-6-13-3/h8-9H,4-7H2,1-3H3,(H,11,12). The number of hydrogen-bond donors (Lipinski definition) is 1. The molecule has 14 heavy (non-hydrogen) atoms. The molecule has 1 heterocycles. The molecule has 1 aliphatic heterocycles. The van der Waals surface area contributed by atoms with Crippen molar-refractivity contribution >= 4 is 28.7 Å². The van der Waals surface area contributed by atoms with Gasteiger partial charge in [-0.1, -0.05) is 18.7 Å². The van der Waals surface area contributed by atoms with Gasteiger partial charge >= 0.3 is 0 Å². The summed E-state index contributed by atoms with van der Waals surface area (Å²) in [5.74, 6) is 1.23. The first-order valence-corrected chi connectivity index (χ1v) is 7.50. The van der Waals surface area contributed by atoms with Crippen molar-refractivity contribution < 1.29 is 0 Å². The summed E-state index contributed by atoms with van der Waals surface area (Å²) >= 11 is 3.81. The van der Waals surface area contributed by atoms with E-state index in [0.717, 1.165) is 11.7 Å². The Hall–Kier alpha value is 0.170. The fourth-order valence-corrected chi connectivity index (χ4v) is 2.93. The second kappa shape index (κ2) is 6.62. The lowest BCUT2D eigenvalue weighted by molar-refractivity contribution is 0.652. The molecule has 1 aliphatic rings. The predicted octanol–water partition coefficient (Wildman–Crippen LogP) is 2.60. The average molecular weight is 232 g/mol. The van der Waals surface area contributed by atoms with E-state index in [9.17, 15) is 0 Å². The van der Waals surface area contributed by atoms with Crippen LogP contribution in [-0.4, -0.2) is 35.0 Å². The number of amidine groups is 1. The first kappa shape index (κ1) is 12.2. The minimum Gasteiger partial charge on any atom is -0.362 e. The third-order valence-corrected chi connectivity index (χ3v) is 4.23. The van der Waals surface area contributed by atoms with Crippen LogP contribution < -0.4 is 5.32 Å². The predicted molar refractivity (Wildman–Crippen MR) is 69.6 cm³/mol. The van der Waals surface area contributed by atoms with Crippen LogP contribution in [0.5, 0.6) is 0 Å². The molecule has 0 aromatic heterocycles. The molecular formula is C10H20N2S2. The Labute approximate surface area is 95.7 Å². The Kier molecular flexibility index (Phi) is 5.78. The van der Waals surface area contributed by atoms with Crippen LogP contribution in [0.2, 0.25) is 0 Å². The Morgan fingerprint density at radius 1 is 1.71 bits per heavy atom. The van der Waals surface area contributed by atoms with Crippen LogP contribution in [0.15, 0.2) is 4.99 Å². The summed E-state index contributed by atoms with van der Waals surface area (Å²) in [5.41, 5.74) is 0. The molecule has 0 aromatic carbocycles. The molecule has 4 heteroatoms. The highest BCUT2D eigenvalue weighted by atomic mass is 32.2. The monoisotopic (exact) mass is 232 g/mol. The summed E-state index contributed by atoms with van der Waals surface area (Å²) in [5, 5.41) is 5.35. The molecule has 82 valence electrons. The fraction of sp³-hybridized carbons (Fsp3) is 0.900. The summed E-state index contributed by atoms with van der Waals surface area (Å²) in [6.45, 7) is 5.46. The van der Waals surface area contributed by atoms with E-state index >= 15 is 0 Å². The summed E-state index contributed by atoms with van der Waals surface area (Å²) in [4.78, 5) is 4.50. The van der Waals surface area contributed by atoms with E-state index in [1.54, 1.807) is 0 Å². The van der Waals surface area contributed by atoms with Gasteiger partial charge < -0.3 is 5.32 Å². The SMILES string of the molecule is CCC1CN=C(NC(C)CCSC)S1. The first-order valence-electron chi connectivity index (χ1n) is 5.22. The van der Waals surface area contributed by atoms with Gasteiger partial charge in [-0.15, -0.1) is 0 Å². The van der Waals surface area contributed by atoms with Crippen molar-refractivity contribution in [3.8, 4) is 0 Å². The van der Waals surface area contributed by atoms with Gasteiger partial charge in [0.05, 0.1) is 6.54 Å². The smallest absolute Gasteiger partial charge is 0.157 e. The van der Waals surface area contributed by atoms with Gasteiger partial charge in [0.25, 0.3) is 0 Å². The van der Waals surface area contributed by atoms with Crippen molar-refractivity contribution in [2.75, 3.05) is 18.6 Å². The Morgan fingerprint density at radius 3 is 3.07 bits per heavy atom. The molecule has 2 nitrogen and oxygen atoms in total. The quantitative estimate of drug-likeness (QED) is 0.788. The zero-order valence-electron chi connectivity index (χ0n) is 9.25. The van der Waals surface area contributed by atoms with Gasteiger partial charge in [-0.3, -0.25) is 4.99 Å². The zero-order valence-corrected chi connectivity index (χ0v) is 10.9. The number of nitrogens with zero attached hydrogens (tertiary/aromatic N) is 1. The van der Waals surface area contributed by atoms with Crippen LogP contribution >= 0.6 is 23.5 Å². The van der Waals surface area contributed by atoms with Gasteiger partial charge in [-0.25, -0.2) is 0 Å². The Balaban J connectivity index is 2.18. The number of thioether (sulfide) groups is 2. The third kappa shape index (κ3) is 4.13.